The van der Waals surface area contributed by atoms with Gasteiger partial charge in [-0.05, 0) is 45.0 Å². The van der Waals surface area contributed by atoms with Crippen molar-refractivity contribution in [3.8, 4) is 28.6 Å². The first-order valence-electron chi connectivity index (χ1n) is 9.71. The molecular formula is C23H24FN3O4. The summed E-state index contributed by atoms with van der Waals surface area (Å²) in [5.41, 5.74) is 1.24. The average molecular weight is 425 g/mol. The Morgan fingerprint density at radius 1 is 1.10 bits per heavy atom. The van der Waals surface area contributed by atoms with Gasteiger partial charge in [0.25, 0.3) is 5.89 Å². The van der Waals surface area contributed by atoms with E-state index in [4.69, 9.17) is 14.0 Å². The predicted octanol–water partition coefficient (Wildman–Crippen LogP) is 5.16. The lowest BCUT2D eigenvalue weighted by Gasteiger charge is -2.20. The highest BCUT2D eigenvalue weighted by Crippen LogP contribution is 2.24. The van der Waals surface area contributed by atoms with Crippen LogP contribution in [0, 0.1) is 0 Å². The molecule has 0 spiro atoms. The van der Waals surface area contributed by atoms with E-state index in [-0.39, 0.29) is 18.7 Å². The fourth-order valence-corrected chi connectivity index (χ4v) is 2.54. The smallest absolute Gasteiger partial charge is 0.407 e. The second-order valence-electron chi connectivity index (χ2n) is 7.73. The van der Waals surface area contributed by atoms with E-state index in [9.17, 15) is 9.18 Å². The first kappa shape index (κ1) is 22.0. The van der Waals surface area contributed by atoms with Crippen molar-refractivity contribution >= 4 is 6.09 Å². The number of carbonyl (C=O) groups is 1. The average Bonchev–Trinajstić information content (AvgIpc) is 3.24. The van der Waals surface area contributed by atoms with Crippen LogP contribution in [0.3, 0.4) is 0 Å². The highest BCUT2D eigenvalue weighted by Gasteiger charge is 2.16. The van der Waals surface area contributed by atoms with Gasteiger partial charge in [-0.3, -0.25) is 0 Å². The number of alkyl carbamates (subject to hydrolysis) is 1. The van der Waals surface area contributed by atoms with Crippen LogP contribution < -0.4 is 10.1 Å². The highest BCUT2D eigenvalue weighted by molar-refractivity contribution is 5.68. The molecule has 1 amide bonds. The Hall–Kier alpha value is -3.68. The van der Waals surface area contributed by atoms with Gasteiger partial charge in [0.2, 0.25) is 5.82 Å². The number of halogens is 1. The van der Waals surface area contributed by atoms with Crippen LogP contribution in [0.2, 0.25) is 0 Å². The second-order valence-corrected chi connectivity index (χ2v) is 7.73. The molecule has 7 nitrogen and oxygen atoms in total. The summed E-state index contributed by atoms with van der Waals surface area (Å²) < 4.78 is 29.2. The molecule has 3 rings (SSSR count). The number of rotatable bonds is 7. The maximum Gasteiger partial charge on any atom is 0.407 e. The second kappa shape index (κ2) is 9.88. The number of amides is 1. The van der Waals surface area contributed by atoms with Gasteiger partial charge in [0.05, 0.1) is 6.33 Å². The molecule has 3 aromatic rings. The summed E-state index contributed by atoms with van der Waals surface area (Å²) in [6, 6.07) is 16.5. The third kappa shape index (κ3) is 6.67. The lowest BCUT2D eigenvalue weighted by Crippen LogP contribution is -2.34. The quantitative estimate of drug-likeness (QED) is 0.563. The highest BCUT2D eigenvalue weighted by atomic mass is 19.1. The van der Waals surface area contributed by atoms with Crippen LogP contribution in [0.15, 0.2) is 71.0 Å². The van der Waals surface area contributed by atoms with Crippen LogP contribution in [-0.2, 0) is 4.74 Å². The molecule has 0 aliphatic rings. The van der Waals surface area contributed by atoms with Crippen molar-refractivity contribution in [3.63, 3.8) is 0 Å². The van der Waals surface area contributed by atoms with E-state index in [2.05, 4.69) is 15.5 Å². The van der Waals surface area contributed by atoms with Gasteiger partial charge >= 0.3 is 6.09 Å². The number of carbonyl (C=O) groups excluding carboxylic acids is 1. The summed E-state index contributed by atoms with van der Waals surface area (Å²) >= 11 is 0. The van der Waals surface area contributed by atoms with Crippen molar-refractivity contribution in [3.05, 3.63) is 66.5 Å². The van der Waals surface area contributed by atoms with Crippen molar-refractivity contribution in [2.45, 2.75) is 26.4 Å². The molecule has 0 saturated carbocycles. The maximum absolute atomic E-state index is 13.1. The van der Waals surface area contributed by atoms with E-state index in [1.165, 1.54) is 0 Å². The van der Waals surface area contributed by atoms with Crippen LogP contribution in [0.25, 0.3) is 22.8 Å². The number of nitrogens with one attached hydrogen (secondary N) is 1. The van der Waals surface area contributed by atoms with Gasteiger partial charge in [0.15, 0.2) is 0 Å². The molecule has 0 bridgehead atoms. The summed E-state index contributed by atoms with van der Waals surface area (Å²) in [6.07, 6.45) is -0.208. The number of hydrogen-bond donors (Lipinski definition) is 1. The van der Waals surface area contributed by atoms with Crippen molar-refractivity contribution in [2.75, 3.05) is 13.2 Å². The van der Waals surface area contributed by atoms with Crippen molar-refractivity contribution in [2.24, 2.45) is 0 Å². The van der Waals surface area contributed by atoms with Gasteiger partial charge in [0.1, 0.15) is 18.0 Å². The number of ether oxygens (including phenoxy) is 2. The van der Waals surface area contributed by atoms with Crippen LogP contribution >= 0.6 is 0 Å². The Balaban J connectivity index is 1.53. The third-order valence-electron chi connectivity index (χ3n) is 4.00. The Kier molecular flexibility index (Phi) is 7.02. The number of aromatic nitrogens is 2. The molecule has 2 aromatic carbocycles. The van der Waals surface area contributed by atoms with Crippen LogP contribution in [0.1, 0.15) is 20.8 Å². The van der Waals surface area contributed by atoms with Gasteiger partial charge in [-0.15, -0.1) is 0 Å². The van der Waals surface area contributed by atoms with E-state index < -0.39 is 11.7 Å². The van der Waals surface area contributed by atoms with E-state index in [1.54, 1.807) is 45.0 Å². The Morgan fingerprint density at radius 3 is 2.45 bits per heavy atom. The topological polar surface area (TPSA) is 86.5 Å². The van der Waals surface area contributed by atoms with Crippen LogP contribution in [0.5, 0.6) is 5.75 Å². The molecule has 1 aromatic heterocycles. The number of nitrogens with zero attached hydrogens (tertiary/aromatic N) is 2. The molecule has 0 aliphatic heterocycles. The summed E-state index contributed by atoms with van der Waals surface area (Å²) in [5.74, 6) is 1.42. The summed E-state index contributed by atoms with van der Waals surface area (Å²) in [4.78, 5) is 16.1. The minimum Gasteiger partial charge on any atom is -0.489 e. The number of benzene rings is 2. The van der Waals surface area contributed by atoms with Crippen LogP contribution in [-0.4, -0.2) is 35.0 Å². The van der Waals surface area contributed by atoms with Gasteiger partial charge in [-0.25, -0.2) is 9.18 Å². The van der Waals surface area contributed by atoms with E-state index in [1.807, 2.05) is 30.3 Å². The minimum absolute atomic E-state index is 0.0201. The molecule has 8 heteroatoms. The lowest BCUT2D eigenvalue weighted by atomic mass is 10.2. The first-order valence-corrected chi connectivity index (χ1v) is 9.71. The normalized spacial score (nSPS) is 11.8. The minimum atomic E-state index is -0.623. The largest absolute Gasteiger partial charge is 0.489 e. The lowest BCUT2D eigenvalue weighted by molar-refractivity contribution is 0.0531. The van der Waals surface area contributed by atoms with Crippen molar-refractivity contribution < 1.29 is 23.2 Å². The standard InChI is InChI=1S/C23H24FN3O4/c1-23(2,3)30-22(28)25-14-16(13-24)15-29-19-11-9-18(10-12-19)21-26-20(27-31-21)17-7-5-4-6-8-17/h4-13H,14-15H2,1-3H3,(H,25,28)/b16-13+. The molecule has 1 N–H and O–H groups in total. The maximum atomic E-state index is 13.1. The fourth-order valence-electron chi connectivity index (χ4n) is 2.54. The van der Waals surface area contributed by atoms with Crippen molar-refractivity contribution in [1.29, 1.82) is 0 Å². The third-order valence-corrected chi connectivity index (χ3v) is 4.00. The molecule has 0 aliphatic carbocycles. The summed E-state index contributed by atoms with van der Waals surface area (Å²) in [5, 5.41) is 6.50. The molecule has 162 valence electrons. The summed E-state index contributed by atoms with van der Waals surface area (Å²) in [7, 11) is 0. The van der Waals surface area contributed by atoms with E-state index in [0.29, 0.717) is 23.8 Å². The van der Waals surface area contributed by atoms with Crippen LogP contribution in [0.4, 0.5) is 9.18 Å². The molecule has 0 radical (unpaired) electrons. The van der Waals surface area contributed by atoms with E-state index in [0.717, 1.165) is 11.1 Å². The monoisotopic (exact) mass is 425 g/mol. The first-order chi connectivity index (χ1) is 14.8. The van der Waals surface area contributed by atoms with Gasteiger partial charge < -0.3 is 19.3 Å². The van der Waals surface area contributed by atoms with Gasteiger partial charge in [-0.1, -0.05) is 35.5 Å². The SMILES string of the molecule is CC(C)(C)OC(=O)NC/C(=C\F)COc1ccc(-c2nc(-c3ccccc3)no2)cc1. The molecule has 0 unspecified atom stereocenters. The molecule has 0 atom stereocenters. The molecule has 0 fully saturated rings. The summed E-state index contributed by atoms with van der Waals surface area (Å²) in [6.45, 7) is 5.21. The molecule has 1 heterocycles. The zero-order valence-corrected chi connectivity index (χ0v) is 17.6. The van der Waals surface area contributed by atoms with Crippen molar-refractivity contribution in [1.82, 2.24) is 15.5 Å². The molecule has 31 heavy (non-hydrogen) atoms. The Labute approximate surface area is 179 Å². The number of hydrogen-bond acceptors (Lipinski definition) is 6. The molecule has 0 saturated heterocycles. The van der Waals surface area contributed by atoms with Gasteiger partial charge in [0, 0.05) is 23.2 Å². The Bertz CT molecular complexity index is 1020. The molecular weight excluding hydrogens is 401 g/mol. The predicted molar refractivity (Wildman–Crippen MR) is 114 cm³/mol. The van der Waals surface area contributed by atoms with Gasteiger partial charge in [-0.2, -0.15) is 4.98 Å². The fraction of sp³-hybridized carbons (Fsp3) is 0.261. The zero-order chi connectivity index (χ0) is 22.3. The zero-order valence-electron chi connectivity index (χ0n) is 17.6. The van der Waals surface area contributed by atoms with E-state index >= 15 is 0 Å². The Morgan fingerprint density at radius 2 is 1.81 bits per heavy atom.